The molecule has 1 fully saturated rings. The highest BCUT2D eigenvalue weighted by atomic mass is 32.2. The van der Waals surface area contributed by atoms with Crippen molar-refractivity contribution in [1.82, 2.24) is 14.4 Å². The number of carbonyl (C=O) groups excluding carboxylic acids is 1. The summed E-state index contributed by atoms with van der Waals surface area (Å²) in [6.45, 7) is 2.46. The summed E-state index contributed by atoms with van der Waals surface area (Å²) in [5.74, 6) is -0.673. The maximum Gasteiger partial charge on any atom is 0.248 e. The molecule has 0 bridgehead atoms. The average Bonchev–Trinajstić information content (AvgIpc) is 3.33. The molecule has 212 valence electrons. The molecule has 1 atom stereocenters. The number of likely N-dealkylation sites (N-methyl/N-ethyl adjacent to an activating group) is 1. The molecule has 0 N–H and O–H groups in total. The van der Waals surface area contributed by atoms with Crippen LogP contribution in [0.15, 0.2) is 51.9 Å². The molecule has 9 nitrogen and oxygen atoms in total. The van der Waals surface area contributed by atoms with E-state index in [9.17, 15) is 22.0 Å². The fourth-order valence-electron chi connectivity index (χ4n) is 4.93. The molecular formula is C28H29F2N3O6S. The van der Waals surface area contributed by atoms with E-state index >= 15 is 0 Å². The van der Waals surface area contributed by atoms with Gasteiger partial charge in [0.15, 0.2) is 28.3 Å². The number of amides is 1. The monoisotopic (exact) mass is 573 g/mol. The van der Waals surface area contributed by atoms with Crippen LogP contribution in [-0.4, -0.2) is 68.1 Å². The lowest BCUT2D eigenvalue weighted by Crippen LogP contribution is -2.47. The second-order valence-electron chi connectivity index (χ2n) is 9.86. The van der Waals surface area contributed by atoms with Crippen LogP contribution in [0.4, 0.5) is 8.78 Å². The Morgan fingerprint density at radius 3 is 2.58 bits per heavy atom. The Bertz CT molecular complexity index is 1530. The molecule has 2 aliphatic rings. The van der Waals surface area contributed by atoms with Crippen molar-refractivity contribution < 1.29 is 36.0 Å². The van der Waals surface area contributed by atoms with Crippen LogP contribution in [0.25, 0.3) is 12.2 Å². The van der Waals surface area contributed by atoms with Crippen LogP contribution in [0.2, 0.25) is 0 Å². The highest BCUT2D eigenvalue weighted by molar-refractivity contribution is 7.89. The van der Waals surface area contributed by atoms with Gasteiger partial charge >= 0.3 is 0 Å². The normalized spacial score (nSPS) is 18.2. The summed E-state index contributed by atoms with van der Waals surface area (Å²) in [5.41, 5.74) is 0.227. The Hall–Kier alpha value is -3.77. The number of para-hydroxylation sites is 2. The number of ether oxygens (including phenoxy) is 2. The van der Waals surface area contributed by atoms with Crippen LogP contribution in [0, 0.1) is 24.5 Å². The molecule has 3 heterocycles. The van der Waals surface area contributed by atoms with Crippen molar-refractivity contribution in [3.63, 3.8) is 0 Å². The van der Waals surface area contributed by atoms with Crippen LogP contribution >= 0.6 is 0 Å². The van der Waals surface area contributed by atoms with Crippen LogP contribution in [-0.2, 0) is 14.8 Å². The number of hydrogen-bond acceptors (Lipinski definition) is 7. The highest BCUT2D eigenvalue weighted by Crippen LogP contribution is 2.32. The van der Waals surface area contributed by atoms with Gasteiger partial charge in [-0.05, 0) is 56.2 Å². The molecule has 0 radical (unpaired) electrons. The minimum atomic E-state index is -4.01. The maximum absolute atomic E-state index is 14.0. The highest BCUT2D eigenvalue weighted by Gasteiger charge is 2.37. The fraction of sp³-hybridized carbons (Fsp3) is 0.357. The first-order valence-electron chi connectivity index (χ1n) is 12.9. The molecular weight excluding hydrogens is 544 g/mol. The smallest absolute Gasteiger partial charge is 0.248 e. The predicted octanol–water partition coefficient (Wildman–Crippen LogP) is 4.13. The zero-order chi connectivity index (χ0) is 28.4. The molecule has 0 spiro atoms. The predicted molar refractivity (Wildman–Crippen MR) is 142 cm³/mol. The van der Waals surface area contributed by atoms with E-state index in [-0.39, 0.29) is 52.9 Å². The number of halogens is 2. The number of piperidine rings is 1. The lowest BCUT2D eigenvalue weighted by Gasteiger charge is -2.34. The van der Waals surface area contributed by atoms with E-state index in [1.807, 2.05) is 24.3 Å². The lowest BCUT2D eigenvalue weighted by atomic mass is 9.96. The van der Waals surface area contributed by atoms with Gasteiger partial charge < -0.3 is 18.9 Å². The van der Waals surface area contributed by atoms with Crippen LogP contribution in [0.3, 0.4) is 0 Å². The van der Waals surface area contributed by atoms with E-state index in [0.29, 0.717) is 37.5 Å². The largest absolute Gasteiger partial charge is 0.486 e. The van der Waals surface area contributed by atoms with Gasteiger partial charge in [0.25, 0.3) is 0 Å². The van der Waals surface area contributed by atoms with Crippen molar-refractivity contribution in [2.45, 2.75) is 30.8 Å². The summed E-state index contributed by atoms with van der Waals surface area (Å²) < 4.78 is 72.5. The lowest BCUT2D eigenvalue weighted by molar-refractivity contribution is -0.136. The second kappa shape index (κ2) is 11.4. The molecule has 1 saturated heterocycles. The molecule has 3 aromatic rings. The third-order valence-corrected chi connectivity index (χ3v) is 9.09. The molecule has 12 heteroatoms. The standard InChI is InChI=1S/C28H29F2N3O6S/c1-18-27(26(39-31-18)10-8-19-7-9-21(29)15-23(19)30)40(35,36)33-13-11-20(12-14-33)28(34)32(2)16-22-17-37-24-5-3-4-6-25(24)38-22/h3-10,15,20,22H,11-14,16-17H2,1-2H3. The van der Waals surface area contributed by atoms with E-state index in [1.165, 1.54) is 29.4 Å². The molecule has 0 aliphatic carbocycles. The first kappa shape index (κ1) is 27.8. The van der Waals surface area contributed by atoms with Crippen molar-refractivity contribution in [2.24, 2.45) is 5.92 Å². The van der Waals surface area contributed by atoms with E-state index in [0.717, 1.165) is 12.1 Å². The summed E-state index contributed by atoms with van der Waals surface area (Å²) in [5, 5.41) is 3.79. The van der Waals surface area contributed by atoms with Crippen molar-refractivity contribution in [1.29, 1.82) is 0 Å². The van der Waals surface area contributed by atoms with Crippen LogP contribution in [0.1, 0.15) is 29.9 Å². The fourth-order valence-corrected chi connectivity index (χ4v) is 6.65. The zero-order valence-corrected chi connectivity index (χ0v) is 22.9. The van der Waals surface area contributed by atoms with E-state index in [2.05, 4.69) is 5.16 Å². The Kier molecular flexibility index (Phi) is 7.90. The summed E-state index contributed by atoms with van der Waals surface area (Å²) in [4.78, 5) is 14.6. The summed E-state index contributed by atoms with van der Waals surface area (Å²) in [6, 6.07) is 10.4. The average molecular weight is 574 g/mol. The molecule has 5 rings (SSSR count). The van der Waals surface area contributed by atoms with Gasteiger partial charge in [-0.3, -0.25) is 4.79 Å². The quantitative estimate of drug-likeness (QED) is 0.419. The molecule has 1 unspecified atom stereocenters. The van der Waals surface area contributed by atoms with Crippen molar-refractivity contribution in [2.75, 3.05) is 33.3 Å². The van der Waals surface area contributed by atoms with Gasteiger partial charge in [0.2, 0.25) is 15.9 Å². The molecule has 0 saturated carbocycles. The first-order valence-corrected chi connectivity index (χ1v) is 14.3. The zero-order valence-electron chi connectivity index (χ0n) is 22.0. The number of aryl methyl sites for hydroxylation is 1. The number of aromatic nitrogens is 1. The van der Waals surface area contributed by atoms with Gasteiger partial charge in [0, 0.05) is 37.7 Å². The number of hydrogen-bond donors (Lipinski definition) is 0. The van der Waals surface area contributed by atoms with E-state index in [4.69, 9.17) is 14.0 Å². The molecule has 40 heavy (non-hydrogen) atoms. The van der Waals surface area contributed by atoms with E-state index < -0.39 is 21.7 Å². The Morgan fingerprint density at radius 1 is 1.12 bits per heavy atom. The molecule has 2 aromatic carbocycles. The number of sulfonamides is 1. The van der Waals surface area contributed by atoms with Crippen LogP contribution < -0.4 is 9.47 Å². The van der Waals surface area contributed by atoms with Gasteiger partial charge in [-0.15, -0.1) is 0 Å². The first-order chi connectivity index (χ1) is 19.1. The minimum Gasteiger partial charge on any atom is -0.486 e. The third-order valence-electron chi connectivity index (χ3n) is 7.03. The van der Waals surface area contributed by atoms with Crippen LogP contribution in [0.5, 0.6) is 11.5 Å². The summed E-state index contributed by atoms with van der Waals surface area (Å²) in [6.07, 6.45) is 2.99. The molecule has 2 aliphatic heterocycles. The van der Waals surface area contributed by atoms with E-state index in [1.54, 1.807) is 11.9 Å². The Morgan fingerprint density at radius 2 is 1.85 bits per heavy atom. The number of nitrogens with zero attached hydrogens (tertiary/aromatic N) is 3. The van der Waals surface area contributed by atoms with Crippen molar-refractivity contribution in [3.05, 3.63) is 71.1 Å². The summed E-state index contributed by atoms with van der Waals surface area (Å²) in [7, 11) is -2.30. The Labute approximate surface area is 231 Å². The van der Waals surface area contributed by atoms with Crippen molar-refractivity contribution in [3.8, 4) is 11.5 Å². The second-order valence-corrected chi connectivity index (χ2v) is 11.7. The molecule has 1 aromatic heterocycles. The molecule has 1 amide bonds. The van der Waals surface area contributed by atoms with Gasteiger partial charge in [-0.25, -0.2) is 17.2 Å². The number of carbonyl (C=O) groups is 1. The third kappa shape index (κ3) is 5.73. The Balaban J connectivity index is 1.21. The van der Waals surface area contributed by atoms with Gasteiger partial charge in [-0.2, -0.15) is 4.31 Å². The number of benzene rings is 2. The maximum atomic E-state index is 14.0. The topological polar surface area (TPSA) is 102 Å². The number of fused-ring (bicyclic) bond motifs is 1. The van der Waals surface area contributed by atoms with Gasteiger partial charge in [0.05, 0.1) is 6.54 Å². The summed E-state index contributed by atoms with van der Waals surface area (Å²) >= 11 is 0. The number of rotatable bonds is 7. The SMILES string of the molecule is Cc1noc(C=Cc2ccc(F)cc2F)c1S(=O)(=O)N1CCC(C(=O)N(C)CC2COc3ccccc3O2)CC1. The minimum absolute atomic E-state index is 0.0598. The van der Waals surface area contributed by atoms with Gasteiger partial charge in [-0.1, -0.05) is 17.3 Å². The van der Waals surface area contributed by atoms with Gasteiger partial charge in [0.1, 0.15) is 23.9 Å². The van der Waals surface area contributed by atoms with Crippen molar-refractivity contribution >= 4 is 28.1 Å².